The summed E-state index contributed by atoms with van der Waals surface area (Å²) in [6.07, 6.45) is 0.238. The number of phenols is 2. The monoisotopic (exact) mass is 348 g/mol. The van der Waals surface area contributed by atoms with Gasteiger partial charge in [0.25, 0.3) is 0 Å². The van der Waals surface area contributed by atoms with Gasteiger partial charge in [-0.25, -0.2) is 0 Å². The third-order valence-corrected chi connectivity index (χ3v) is 5.58. The number of Topliss-reactive ketones (excluding diaryl/α,β-unsaturated/α-hetero) is 1. The highest BCUT2D eigenvalue weighted by Crippen LogP contribution is 2.43. The van der Waals surface area contributed by atoms with Gasteiger partial charge in [-0.3, -0.25) is 4.79 Å². The van der Waals surface area contributed by atoms with Crippen LogP contribution in [-0.2, 0) is 6.42 Å². The first-order valence-electron chi connectivity index (χ1n) is 7.99. The number of fused-ring (bicyclic) bond motifs is 2. The van der Waals surface area contributed by atoms with E-state index in [0.717, 1.165) is 21.6 Å². The number of benzene rings is 3. The Morgan fingerprint density at radius 1 is 0.960 bits per heavy atom. The summed E-state index contributed by atoms with van der Waals surface area (Å²) in [6.45, 7) is 2.07. The first kappa shape index (κ1) is 15.8. The van der Waals surface area contributed by atoms with Gasteiger partial charge in [0.05, 0.1) is 5.56 Å². The third-order valence-electron chi connectivity index (χ3n) is 4.44. The van der Waals surface area contributed by atoms with E-state index >= 15 is 0 Å². The maximum atomic E-state index is 12.6. The summed E-state index contributed by atoms with van der Waals surface area (Å²) in [5, 5.41) is 19.9. The van der Waals surface area contributed by atoms with Gasteiger partial charge in [-0.15, -0.1) is 0 Å². The van der Waals surface area contributed by atoms with E-state index in [1.54, 1.807) is 0 Å². The average Bonchev–Trinajstić information content (AvgIpc) is 2.69. The molecule has 0 atom stereocenters. The SMILES string of the molecule is Cc1ccccc1-c1ccc2c(c1)Sc1cc(O)cc(O)c1C(=O)C2. The molecule has 1 aliphatic heterocycles. The van der Waals surface area contributed by atoms with Crippen LogP contribution >= 0.6 is 11.8 Å². The molecule has 25 heavy (non-hydrogen) atoms. The van der Waals surface area contributed by atoms with Gasteiger partial charge in [0.15, 0.2) is 5.78 Å². The van der Waals surface area contributed by atoms with Crippen LogP contribution in [-0.4, -0.2) is 16.0 Å². The number of ketones is 1. The van der Waals surface area contributed by atoms with Gasteiger partial charge in [-0.05, 0) is 41.3 Å². The van der Waals surface area contributed by atoms with Crippen molar-refractivity contribution in [1.82, 2.24) is 0 Å². The van der Waals surface area contributed by atoms with Crippen LogP contribution < -0.4 is 0 Å². The van der Waals surface area contributed by atoms with E-state index in [-0.39, 0.29) is 29.3 Å². The van der Waals surface area contributed by atoms with Gasteiger partial charge in [0, 0.05) is 22.3 Å². The Balaban J connectivity index is 1.86. The third kappa shape index (κ3) is 2.79. The van der Waals surface area contributed by atoms with Gasteiger partial charge in [0.1, 0.15) is 11.5 Å². The molecule has 0 radical (unpaired) electrons. The van der Waals surface area contributed by atoms with Crippen molar-refractivity contribution in [3.63, 3.8) is 0 Å². The number of aryl methyl sites for hydroxylation is 1. The summed E-state index contributed by atoms with van der Waals surface area (Å²) >= 11 is 1.41. The van der Waals surface area contributed by atoms with Crippen molar-refractivity contribution >= 4 is 17.5 Å². The highest BCUT2D eigenvalue weighted by molar-refractivity contribution is 7.99. The topological polar surface area (TPSA) is 57.5 Å². The van der Waals surface area contributed by atoms with Gasteiger partial charge in [0.2, 0.25) is 0 Å². The Kier molecular flexibility index (Phi) is 3.77. The molecule has 3 aromatic rings. The molecule has 0 aromatic heterocycles. The maximum Gasteiger partial charge on any atom is 0.172 e. The fraction of sp³-hybridized carbons (Fsp3) is 0.0952. The van der Waals surface area contributed by atoms with E-state index in [0.29, 0.717) is 4.90 Å². The lowest BCUT2D eigenvalue weighted by Gasteiger charge is -2.11. The largest absolute Gasteiger partial charge is 0.508 e. The van der Waals surface area contributed by atoms with Gasteiger partial charge in [-0.2, -0.15) is 0 Å². The lowest BCUT2D eigenvalue weighted by atomic mass is 9.97. The summed E-state index contributed by atoms with van der Waals surface area (Å²) in [5.74, 6) is -0.350. The van der Waals surface area contributed by atoms with Crippen LogP contribution in [0.3, 0.4) is 0 Å². The molecule has 0 aliphatic carbocycles. The molecule has 2 N–H and O–H groups in total. The summed E-state index contributed by atoms with van der Waals surface area (Å²) in [5.41, 5.74) is 4.65. The quantitative estimate of drug-likeness (QED) is 0.652. The Hall–Kier alpha value is -2.72. The van der Waals surface area contributed by atoms with Crippen LogP contribution in [0.5, 0.6) is 11.5 Å². The minimum atomic E-state index is -0.167. The molecular formula is C21H16O3S. The number of aromatic hydroxyl groups is 2. The van der Waals surface area contributed by atoms with E-state index < -0.39 is 0 Å². The second kappa shape index (κ2) is 5.97. The molecule has 3 nitrogen and oxygen atoms in total. The molecule has 4 heteroatoms. The number of carbonyl (C=O) groups excluding carboxylic acids is 1. The van der Waals surface area contributed by atoms with Gasteiger partial charge in [-0.1, -0.05) is 48.2 Å². The van der Waals surface area contributed by atoms with Crippen LogP contribution in [0.15, 0.2) is 64.4 Å². The maximum absolute atomic E-state index is 12.6. The van der Waals surface area contributed by atoms with Crippen LogP contribution in [0, 0.1) is 6.92 Å². The fourth-order valence-corrected chi connectivity index (χ4v) is 4.38. The normalized spacial score (nSPS) is 13.1. The second-order valence-electron chi connectivity index (χ2n) is 6.18. The molecule has 0 saturated carbocycles. The van der Waals surface area contributed by atoms with Crippen molar-refractivity contribution in [3.8, 4) is 22.6 Å². The van der Waals surface area contributed by atoms with Crippen LogP contribution in [0.1, 0.15) is 21.5 Å². The predicted octanol–water partition coefficient (Wildman–Crippen LogP) is 4.96. The standard InChI is InChI=1S/C21H16O3S/c1-12-4-2-3-5-16(12)13-6-7-14-8-17(23)21-18(24)10-15(22)11-20(21)25-19(14)9-13/h2-7,9-11,22,24H,8H2,1H3. The molecular weight excluding hydrogens is 332 g/mol. The second-order valence-corrected chi connectivity index (χ2v) is 7.26. The molecule has 4 rings (SSSR count). The van der Waals surface area contributed by atoms with E-state index in [1.807, 2.05) is 24.3 Å². The minimum Gasteiger partial charge on any atom is -0.508 e. The highest BCUT2D eigenvalue weighted by atomic mass is 32.2. The van der Waals surface area contributed by atoms with Crippen molar-refractivity contribution in [2.75, 3.05) is 0 Å². The molecule has 1 heterocycles. The molecule has 0 bridgehead atoms. The molecule has 0 saturated heterocycles. The van der Waals surface area contributed by atoms with Crippen molar-refractivity contribution in [3.05, 3.63) is 71.3 Å². The van der Waals surface area contributed by atoms with Crippen molar-refractivity contribution in [1.29, 1.82) is 0 Å². The van der Waals surface area contributed by atoms with Crippen LogP contribution in [0.2, 0.25) is 0 Å². The Morgan fingerprint density at radius 2 is 1.76 bits per heavy atom. The zero-order chi connectivity index (χ0) is 17.6. The van der Waals surface area contributed by atoms with Gasteiger partial charge < -0.3 is 10.2 Å². The molecule has 0 amide bonds. The van der Waals surface area contributed by atoms with E-state index in [4.69, 9.17) is 0 Å². The van der Waals surface area contributed by atoms with Crippen LogP contribution in [0.25, 0.3) is 11.1 Å². The first-order chi connectivity index (χ1) is 12.0. The summed E-state index contributed by atoms with van der Waals surface area (Å²) in [4.78, 5) is 14.1. The van der Waals surface area contributed by atoms with E-state index in [2.05, 4.69) is 25.1 Å². The zero-order valence-electron chi connectivity index (χ0n) is 13.6. The number of hydrogen-bond donors (Lipinski definition) is 2. The van der Waals surface area contributed by atoms with Gasteiger partial charge >= 0.3 is 0 Å². The lowest BCUT2D eigenvalue weighted by molar-refractivity contribution is 0.0987. The Bertz CT molecular complexity index is 1010. The molecule has 124 valence electrons. The first-order valence-corrected chi connectivity index (χ1v) is 8.80. The number of phenolic OH excluding ortho intramolecular Hbond substituents is 2. The molecule has 0 unspecified atom stereocenters. The smallest absolute Gasteiger partial charge is 0.172 e. The van der Waals surface area contributed by atoms with Crippen molar-refractivity contribution < 1.29 is 15.0 Å². The van der Waals surface area contributed by atoms with E-state index in [1.165, 1.54) is 29.5 Å². The molecule has 0 fully saturated rings. The molecule has 0 spiro atoms. The molecule has 3 aromatic carbocycles. The number of carbonyl (C=O) groups is 1. The predicted molar refractivity (Wildman–Crippen MR) is 98.5 cm³/mol. The minimum absolute atomic E-state index is 0.0462. The van der Waals surface area contributed by atoms with Crippen molar-refractivity contribution in [2.45, 2.75) is 23.1 Å². The van der Waals surface area contributed by atoms with Crippen LogP contribution in [0.4, 0.5) is 0 Å². The average molecular weight is 348 g/mol. The highest BCUT2D eigenvalue weighted by Gasteiger charge is 2.24. The Morgan fingerprint density at radius 3 is 2.56 bits per heavy atom. The Labute approximate surface area is 150 Å². The molecule has 1 aliphatic rings. The number of rotatable bonds is 1. The summed E-state index contributed by atoms with van der Waals surface area (Å²) < 4.78 is 0. The number of hydrogen-bond acceptors (Lipinski definition) is 4. The van der Waals surface area contributed by atoms with E-state index in [9.17, 15) is 15.0 Å². The lowest BCUT2D eigenvalue weighted by Crippen LogP contribution is -2.03. The zero-order valence-corrected chi connectivity index (χ0v) is 14.4. The summed E-state index contributed by atoms with van der Waals surface area (Å²) in [6, 6.07) is 17.0. The fourth-order valence-electron chi connectivity index (χ4n) is 3.19. The van der Waals surface area contributed by atoms with Crippen molar-refractivity contribution in [2.24, 2.45) is 0 Å². The summed E-state index contributed by atoms with van der Waals surface area (Å²) in [7, 11) is 0.